The molecule has 6 atom stereocenters. The lowest BCUT2D eigenvalue weighted by Crippen LogP contribution is -2.29. The molecule has 0 N–H and O–H groups in total. The molecule has 4 nitrogen and oxygen atoms in total. The van der Waals surface area contributed by atoms with E-state index in [0.29, 0.717) is 12.2 Å². The van der Waals surface area contributed by atoms with Crippen LogP contribution >= 0.6 is 0 Å². The molecule has 3 aliphatic carbocycles. The molecule has 75 heavy (non-hydrogen) atoms. The third kappa shape index (κ3) is 16.5. The van der Waals surface area contributed by atoms with Gasteiger partial charge in [-0.15, -0.1) is 0 Å². The summed E-state index contributed by atoms with van der Waals surface area (Å²) in [7, 11) is 0. The van der Waals surface area contributed by atoms with Gasteiger partial charge in [-0.3, -0.25) is 19.2 Å². The molecule has 8 rings (SSSR count). The highest BCUT2D eigenvalue weighted by Gasteiger charge is 2.35. The second kappa shape index (κ2) is 28.7. The Bertz CT molecular complexity index is 2690. The standard InChI is InChI=1S/C40H45FO2.C15H18O.C15H22O.2H2/c1-27-6-4-8-37(27)39(42)25-17-31-12-10-30(11-13-31)14-20-35(34-21-23-36(41)24-22-34)26-32-15-18-33(19-16-32)29(3)40(43)38-9-5-7-28(38)2;1-12(16)15(13-8-4-2-5-9-13)14-10-6-3-7-11-14;1-5-15(4,6-2)14(12(3)16)13-10-8-7-9-11-13;;/h10-13,15-16,18-19,21-24,29,35,37-38H,1-2,4-9,14,17,20,25-26H2,3H3;2,4-5,8-10,15H,3,6-7,11H2,1H3;7-11,14H,5-6H2,1-4H3;2*1H/t29?,35?,37-,38-;15-;14-;;/m100../s1. The van der Waals surface area contributed by atoms with Gasteiger partial charge in [0.2, 0.25) is 0 Å². The van der Waals surface area contributed by atoms with E-state index >= 15 is 0 Å². The van der Waals surface area contributed by atoms with E-state index in [1.807, 2.05) is 55.5 Å². The fourth-order valence-corrected chi connectivity index (χ4v) is 11.9. The molecular weight excluding hydrogens is 924 g/mol. The van der Waals surface area contributed by atoms with E-state index in [2.05, 4.69) is 113 Å². The van der Waals surface area contributed by atoms with Gasteiger partial charge in [-0.1, -0.05) is 185 Å². The Hall–Kier alpha value is -6.07. The van der Waals surface area contributed by atoms with E-state index in [0.717, 1.165) is 123 Å². The maximum atomic E-state index is 13.7. The molecule has 0 radical (unpaired) electrons. The van der Waals surface area contributed by atoms with Crippen molar-refractivity contribution < 1.29 is 26.4 Å². The first-order chi connectivity index (χ1) is 36.1. The van der Waals surface area contributed by atoms with E-state index in [1.165, 1.54) is 35.1 Å². The van der Waals surface area contributed by atoms with E-state index < -0.39 is 0 Å². The highest BCUT2D eigenvalue weighted by atomic mass is 19.1. The monoisotopic (exact) mass is 1010 g/mol. The van der Waals surface area contributed by atoms with Crippen molar-refractivity contribution in [2.45, 2.75) is 174 Å². The first-order valence-corrected chi connectivity index (χ1v) is 28.3. The largest absolute Gasteiger partial charge is 0.299 e. The highest BCUT2D eigenvalue weighted by Crippen LogP contribution is 2.42. The van der Waals surface area contributed by atoms with Gasteiger partial charge in [0, 0.05) is 32.9 Å². The van der Waals surface area contributed by atoms with Gasteiger partial charge in [-0.05, 0) is 179 Å². The van der Waals surface area contributed by atoms with Crippen molar-refractivity contribution in [1.29, 1.82) is 0 Å². The molecule has 5 heteroatoms. The average molecular weight is 1010 g/mol. The molecule has 0 saturated heterocycles. The Labute approximate surface area is 453 Å². The third-order valence-electron chi connectivity index (χ3n) is 17.0. The molecule has 400 valence electrons. The number of hydrogen-bond donors (Lipinski definition) is 0. The number of Topliss-reactive ketones (excluding diaryl/α,β-unsaturated/α-hetero) is 4. The first-order valence-electron chi connectivity index (χ1n) is 28.3. The molecule has 2 unspecified atom stereocenters. The van der Waals surface area contributed by atoms with Crippen molar-refractivity contribution in [1.82, 2.24) is 0 Å². The van der Waals surface area contributed by atoms with Gasteiger partial charge in [0.15, 0.2) is 0 Å². The van der Waals surface area contributed by atoms with Crippen LogP contribution in [0.4, 0.5) is 4.39 Å². The summed E-state index contributed by atoms with van der Waals surface area (Å²) in [5.74, 6) is 1.16. The van der Waals surface area contributed by atoms with E-state index in [4.69, 9.17) is 0 Å². The lowest BCUT2D eigenvalue weighted by Gasteiger charge is -2.35. The van der Waals surface area contributed by atoms with Crippen molar-refractivity contribution in [3.05, 3.63) is 214 Å². The fourth-order valence-electron chi connectivity index (χ4n) is 11.9. The molecule has 0 amide bonds. The van der Waals surface area contributed by atoms with Crippen molar-refractivity contribution >= 4 is 23.1 Å². The van der Waals surface area contributed by atoms with Crippen LogP contribution < -0.4 is 0 Å². The van der Waals surface area contributed by atoms with Crippen molar-refractivity contribution in [2.75, 3.05) is 0 Å². The molecule has 0 bridgehead atoms. The van der Waals surface area contributed by atoms with Gasteiger partial charge in [-0.2, -0.15) is 0 Å². The zero-order chi connectivity index (χ0) is 53.9. The summed E-state index contributed by atoms with van der Waals surface area (Å²) in [4.78, 5) is 49.4. The second-order valence-corrected chi connectivity index (χ2v) is 22.1. The normalized spacial score (nSPS) is 18.0. The Morgan fingerprint density at radius 3 is 1.65 bits per heavy atom. The average Bonchev–Trinajstić information content (AvgIpc) is 4.08. The minimum atomic E-state index is -0.221. The maximum Gasteiger partial charge on any atom is 0.147 e. The molecule has 0 aliphatic heterocycles. The number of benzene rings is 5. The number of carbonyl (C=O) groups is 4. The number of hydrogen-bond acceptors (Lipinski definition) is 4. The molecule has 3 aliphatic rings. The summed E-state index contributed by atoms with van der Waals surface area (Å²) in [6.45, 7) is 20.2. The molecule has 2 fully saturated rings. The Morgan fingerprint density at radius 1 is 0.613 bits per heavy atom. The van der Waals surface area contributed by atoms with Crippen molar-refractivity contribution in [2.24, 2.45) is 17.3 Å². The van der Waals surface area contributed by atoms with Gasteiger partial charge in [0.05, 0.1) is 5.92 Å². The van der Waals surface area contributed by atoms with Crippen molar-refractivity contribution in [3.63, 3.8) is 0 Å². The van der Waals surface area contributed by atoms with Crippen LogP contribution in [0.3, 0.4) is 0 Å². The quantitative estimate of drug-likeness (QED) is 0.0687. The van der Waals surface area contributed by atoms with Crippen LogP contribution in [0.15, 0.2) is 169 Å². The Kier molecular flexibility index (Phi) is 22.3. The number of ketones is 4. The van der Waals surface area contributed by atoms with E-state index in [9.17, 15) is 23.6 Å². The summed E-state index contributed by atoms with van der Waals surface area (Å²) in [6.07, 6.45) is 19.1. The SMILES string of the molecule is C=C1CCC[C@H]1C(=O)CCc1ccc(CCC(Cc2ccc(C(C)C(=O)[C@@H]3CCCC3=C)cc2)c2ccc(F)cc2)cc1.CC(=O)[C@H](C1=CCCCC1)c1ccccc1.CCC(C)(CC)[C@@H](C(C)=O)c1ccccc1.[HH].[HH]. The van der Waals surface area contributed by atoms with Crippen LogP contribution in [0.2, 0.25) is 0 Å². The molecule has 5 aromatic rings. The lowest BCUT2D eigenvalue weighted by molar-refractivity contribution is -0.123. The second-order valence-electron chi connectivity index (χ2n) is 22.1. The number of allylic oxidation sites excluding steroid dienone is 4. The van der Waals surface area contributed by atoms with Gasteiger partial charge in [0.1, 0.15) is 29.0 Å². The number of aryl methyl sites for hydroxylation is 2. The van der Waals surface area contributed by atoms with E-state index in [1.54, 1.807) is 26.0 Å². The summed E-state index contributed by atoms with van der Waals surface area (Å²) in [6, 6.07) is 44.4. The summed E-state index contributed by atoms with van der Waals surface area (Å²) in [5, 5.41) is 0. The molecule has 0 aromatic heterocycles. The molecule has 0 spiro atoms. The van der Waals surface area contributed by atoms with Crippen LogP contribution in [0, 0.1) is 23.1 Å². The van der Waals surface area contributed by atoms with Crippen LogP contribution in [-0.2, 0) is 38.4 Å². The van der Waals surface area contributed by atoms with Gasteiger partial charge in [0.25, 0.3) is 0 Å². The predicted molar refractivity (Wildman–Crippen MR) is 313 cm³/mol. The summed E-state index contributed by atoms with van der Waals surface area (Å²) < 4.78 is 13.7. The Balaban J connectivity index is 0.000000308. The third-order valence-corrected chi connectivity index (χ3v) is 17.0. The molecule has 5 aromatic carbocycles. The first kappa shape index (κ1) is 58.2. The zero-order valence-corrected chi connectivity index (χ0v) is 46.2. The number of halogens is 1. The number of carbonyl (C=O) groups excluding carboxylic acids is 4. The van der Waals surface area contributed by atoms with Gasteiger partial charge in [-0.25, -0.2) is 4.39 Å². The predicted octanol–water partition coefficient (Wildman–Crippen LogP) is 18.2. The van der Waals surface area contributed by atoms with E-state index in [-0.39, 0.29) is 66.9 Å². The number of rotatable bonds is 21. The van der Waals surface area contributed by atoms with Crippen LogP contribution in [0.25, 0.3) is 0 Å². The van der Waals surface area contributed by atoms with Gasteiger partial charge < -0.3 is 0 Å². The minimum absolute atomic E-state index is 0. The highest BCUT2D eigenvalue weighted by molar-refractivity contribution is 5.90. The molecule has 0 heterocycles. The smallest absolute Gasteiger partial charge is 0.147 e. The Morgan fingerprint density at radius 2 is 1.15 bits per heavy atom. The summed E-state index contributed by atoms with van der Waals surface area (Å²) >= 11 is 0. The van der Waals surface area contributed by atoms with Crippen LogP contribution in [0.5, 0.6) is 0 Å². The van der Waals surface area contributed by atoms with Crippen molar-refractivity contribution in [3.8, 4) is 0 Å². The van der Waals surface area contributed by atoms with Crippen LogP contribution in [0.1, 0.15) is 197 Å². The maximum absolute atomic E-state index is 13.7. The summed E-state index contributed by atoms with van der Waals surface area (Å²) in [5.41, 5.74) is 11.8. The topological polar surface area (TPSA) is 68.3 Å². The zero-order valence-electron chi connectivity index (χ0n) is 46.2. The lowest BCUT2D eigenvalue weighted by atomic mass is 9.68. The van der Waals surface area contributed by atoms with Gasteiger partial charge >= 0.3 is 0 Å². The van der Waals surface area contributed by atoms with Crippen LogP contribution in [-0.4, -0.2) is 23.1 Å². The molecular formula is C70H89FO4. The minimum Gasteiger partial charge on any atom is -0.299 e. The fraction of sp³-hybridized carbons (Fsp3) is 0.429. The molecule has 2 saturated carbocycles.